The molecular formula is C16H25NO2S. The fourth-order valence-electron chi connectivity index (χ4n) is 2.88. The van der Waals surface area contributed by atoms with Crippen molar-refractivity contribution in [2.24, 2.45) is 0 Å². The maximum Gasteiger partial charge on any atom is 0.222 e. The van der Waals surface area contributed by atoms with Crippen LogP contribution in [-0.4, -0.2) is 28.5 Å². The molecule has 1 aliphatic heterocycles. The number of aliphatic hydroxyl groups excluding tert-OH is 1. The highest BCUT2D eigenvalue weighted by Crippen LogP contribution is 2.27. The Hall–Kier alpha value is -0.870. The maximum absolute atomic E-state index is 11.6. The van der Waals surface area contributed by atoms with Gasteiger partial charge in [0.15, 0.2) is 0 Å². The molecular weight excluding hydrogens is 270 g/mol. The monoisotopic (exact) mass is 295 g/mol. The molecule has 112 valence electrons. The van der Waals surface area contributed by atoms with E-state index in [1.54, 1.807) is 11.3 Å². The number of unbranched alkanes of at least 4 members (excludes halogenated alkanes) is 2. The Morgan fingerprint density at radius 2 is 2.25 bits per heavy atom. The van der Waals surface area contributed by atoms with E-state index in [1.165, 1.54) is 5.56 Å². The first-order valence-electron chi connectivity index (χ1n) is 7.61. The van der Waals surface area contributed by atoms with Crippen LogP contribution in [0.15, 0.2) is 11.4 Å². The lowest BCUT2D eigenvalue weighted by molar-refractivity contribution is -0.128. The van der Waals surface area contributed by atoms with Crippen molar-refractivity contribution < 1.29 is 9.90 Å². The van der Waals surface area contributed by atoms with Crippen LogP contribution in [0.4, 0.5) is 0 Å². The number of aliphatic hydroxyl groups is 1. The topological polar surface area (TPSA) is 40.5 Å². The molecule has 1 saturated heterocycles. The van der Waals surface area contributed by atoms with E-state index < -0.39 is 0 Å². The molecule has 0 radical (unpaired) electrons. The summed E-state index contributed by atoms with van der Waals surface area (Å²) in [4.78, 5) is 14.8. The van der Waals surface area contributed by atoms with Crippen LogP contribution in [0.1, 0.15) is 62.0 Å². The zero-order valence-corrected chi connectivity index (χ0v) is 13.3. The van der Waals surface area contributed by atoms with Crippen LogP contribution in [-0.2, 0) is 4.79 Å². The molecule has 3 nitrogen and oxygen atoms in total. The fraction of sp³-hybridized carbons (Fsp3) is 0.688. The molecule has 1 aromatic rings. The standard InChI is InChI=1S/C16H25NO2S/c1-12-9-11-20-16(12)14(18)6-4-3-5-10-17-13(2)7-8-15(17)19/h9,11,13-14,18H,3-8,10H2,1-2H3. The Bertz CT molecular complexity index is 443. The molecule has 1 amide bonds. The van der Waals surface area contributed by atoms with Crippen molar-refractivity contribution in [1.29, 1.82) is 0 Å². The smallest absolute Gasteiger partial charge is 0.222 e. The van der Waals surface area contributed by atoms with Crippen molar-refractivity contribution in [2.75, 3.05) is 6.54 Å². The zero-order chi connectivity index (χ0) is 14.5. The molecule has 0 saturated carbocycles. The molecule has 1 N–H and O–H groups in total. The molecule has 0 spiro atoms. The van der Waals surface area contributed by atoms with Gasteiger partial charge in [0.1, 0.15) is 0 Å². The molecule has 1 aromatic heterocycles. The van der Waals surface area contributed by atoms with Crippen LogP contribution < -0.4 is 0 Å². The van der Waals surface area contributed by atoms with Gasteiger partial charge in [0.2, 0.25) is 5.91 Å². The van der Waals surface area contributed by atoms with Crippen molar-refractivity contribution >= 4 is 17.2 Å². The van der Waals surface area contributed by atoms with Gasteiger partial charge in [-0.2, -0.15) is 0 Å². The first-order valence-corrected chi connectivity index (χ1v) is 8.49. The number of nitrogens with zero attached hydrogens (tertiary/aromatic N) is 1. The average Bonchev–Trinajstić information content (AvgIpc) is 2.97. The molecule has 0 aliphatic carbocycles. The lowest BCUT2D eigenvalue weighted by Gasteiger charge is -2.21. The van der Waals surface area contributed by atoms with Gasteiger partial charge in [0.25, 0.3) is 0 Å². The Kier molecular flexibility index (Phi) is 5.61. The van der Waals surface area contributed by atoms with E-state index in [9.17, 15) is 9.90 Å². The summed E-state index contributed by atoms with van der Waals surface area (Å²) in [7, 11) is 0. The third-order valence-electron chi connectivity index (χ3n) is 4.21. The van der Waals surface area contributed by atoms with Crippen molar-refractivity contribution in [3.05, 3.63) is 21.9 Å². The number of hydrogen-bond acceptors (Lipinski definition) is 3. The van der Waals surface area contributed by atoms with Gasteiger partial charge in [-0.3, -0.25) is 4.79 Å². The molecule has 1 aliphatic rings. The van der Waals surface area contributed by atoms with Crippen LogP contribution in [0.25, 0.3) is 0 Å². The number of carbonyl (C=O) groups is 1. The van der Waals surface area contributed by atoms with E-state index >= 15 is 0 Å². The lowest BCUT2D eigenvalue weighted by Crippen LogP contribution is -2.31. The number of amides is 1. The first-order chi connectivity index (χ1) is 9.59. The van der Waals surface area contributed by atoms with Gasteiger partial charge in [0.05, 0.1) is 6.10 Å². The Labute approximate surface area is 125 Å². The van der Waals surface area contributed by atoms with Crippen LogP contribution in [0.3, 0.4) is 0 Å². The average molecular weight is 295 g/mol. The van der Waals surface area contributed by atoms with Gasteiger partial charge < -0.3 is 10.0 Å². The van der Waals surface area contributed by atoms with Crippen molar-refractivity contribution in [1.82, 2.24) is 4.90 Å². The number of carbonyl (C=O) groups excluding carboxylic acids is 1. The van der Waals surface area contributed by atoms with Gasteiger partial charge in [-0.15, -0.1) is 11.3 Å². The number of hydrogen-bond donors (Lipinski definition) is 1. The van der Waals surface area contributed by atoms with Crippen molar-refractivity contribution in [2.45, 2.75) is 64.5 Å². The summed E-state index contributed by atoms with van der Waals surface area (Å²) < 4.78 is 0. The summed E-state index contributed by atoms with van der Waals surface area (Å²) in [5.41, 5.74) is 1.19. The van der Waals surface area contributed by atoms with E-state index in [-0.39, 0.29) is 6.10 Å². The van der Waals surface area contributed by atoms with E-state index in [0.29, 0.717) is 11.9 Å². The number of likely N-dealkylation sites (tertiary alicyclic amines) is 1. The van der Waals surface area contributed by atoms with E-state index in [0.717, 1.165) is 49.9 Å². The van der Waals surface area contributed by atoms with Crippen molar-refractivity contribution in [3.8, 4) is 0 Å². The van der Waals surface area contributed by atoms with E-state index in [4.69, 9.17) is 0 Å². The summed E-state index contributed by atoms with van der Waals surface area (Å²) in [6.45, 7) is 5.07. The Morgan fingerprint density at radius 1 is 1.45 bits per heavy atom. The fourth-order valence-corrected chi connectivity index (χ4v) is 3.82. The molecule has 4 heteroatoms. The Balaban J connectivity index is 1.62. The van der Waals surface area contributed by atoms with Crippen LogP contribution in [0.5, 0.6) is 0 Å². The van der Waals surface area contributed by atoms with Crippen LogP contribution >= 0.6 is 11.3 Å². The van der Waals surface area contributed by atoms with E-state index in [1.807, 2.05) is 10.3 Å². The predicted octanol–water partition coefficient (Wildman–Crippen LogP) is 3.66. The van der Waals surface area contributed by atoms with Gasteiger partial charge in [-0.25, -0.2) is 0 Å². The largest absolute Gasteiger partial charge is 0.388 e. The minimum absolute atomic E-state index is 0.312. The second kappa shape index (κ2) is 7.23. The number of thiophene rings is 1. The minimum Gasteiger partial charge on any atom is -0.388 e. The van der Waals surface area contributed by atoms with Gasteiger partial charge in [0, 0.05) is 23.9 Å². The predicted molar refractivity (Wildman–Crippen MR) is 82.9 cm³/mol. The summed E-state index contributed by atoms with van der Waals surface area (Å²) in [5.74, 6) is 0.312. The molecule has 2 unspecified atom stereocenters. The summed E-state index contributed by atoms with van der Waals surface area (Å²) in [6, 6.07) is 2.48. The number of rotatable bonds is 7. The van der Waals surface area contributed by atoms with Crippen LogP contribution in [0.2, 0.25) is 0 Å². The Morgan fingerprint density at radius 3 is 2.85 bits per heavy atom. The van der Waals surface area contributed by atoms with Crippen molar-refractivity contribution in [3.63, 3.8) is 0 Å². The molecule has 2 heterocycles. The second-order valence-electron chi connectivity index (χ2n) is 5.81. The third-order valence-corrected chi connectivity index (χ3v) is 5.33. The van der Waals surface area contributed by atoms with Gasteiger partial charge in [-0.05, 0) is 50.1 Å². The lowest BCUT2D eigenvalue weighted by atomic mass is 10.1. The van der Waals surface area contributed by atoms with Crippen LogP contribution in [0, 0.1) is 6.92 Å². The molecule has 20 heavy (non-hydrogen) atoms. The molecule has 2 atom stereocenters. The molecule has 1 fully saturated rings. The highest BCUT2D eigenvalue weighted by Gasteiger charge is 2.26. The van der Waals surface area contributed by atoms with E-state index in [2.05, 4.69) is 19.9 Å². The molecule has 0 aromatic carbocycles. The van der Waals surface area contributed by atoms with Gasteiger partial charge >= 0.3 is 0 Å². The first kappa shape index (κ1) is 15.5. The zero-order valence-electron chi connectivity index (χ0n) is 12.5. The minimum atomic E-state index is -0.317. The summed E-state index contributed by atoms with van der Waals surface area (Å²) in [6.07, 6.45) is 5.39. The summed E-state index contributed by atoms with van der Waals surface area (Å²) >= 11 is 1.64. The SMILES string of the molecule is Cc1ccsc1C(O)CCCCCN1C(=O)CCC1C. The summed E-state index contributed by atoms with van der Waals surface area (Å²) in [5, 5.41) is 12.2. The highest BCUT2D eigenvalue weighted by molar-refractivity contribution is 7.10. The maximum atomic E-state index is 11.6. The van der Waals surface area contributed by atoms with Gasteiger partial charge in [-0.1, -0.05) is 12.8 Å². The third kappa shape index (κ3) is 3.83. The second-order valence-corrected chi connectivity index (χ2v) is 6.76. The normalized spacial score (nSPS) is 20.6. The highest BCUT2D eigenvalue weighted by atomic mass is 32.1. The number of aryl methyl sites for hydroxylation is 1. The quantitative estimate of drug-likeness (QED) is 0.780. The molecule has 2 rings (SSSR count). The molecule has 0 bridgehead atoms.